The summed E-state index contributed by atoms with van der Waals surface area (Å²) in [4.78, 5) is 5.30. The van der Waals surface area contributed by atoms with Crippen molar-refractivity contribution in [3.8, 4) is 0 Å². The van der Waals surface area contributed by atoms with Crippen LogP contribution in [0.25, 0.3) is 0 Å². The highest BCUT2D eigenvalue weighted by molar-refractivity contribution is 5.44. The highest BCUT2D eigenvalue weighted by atomic mass is 19.3. The van der Waals surface area contributed by atoms with Gasteiger partial charge in [-0.3, -0.25) is 4.98 Å². The van der Waals surface area contributed by atoms with Crippen LogP contribution in [-0.4, -0.2) is 19.1 Å². The minimum atomic E-state index is -2.50. The average Bonchev–Trinajstić information content (AvgIpc) is 2.04. The van der Waals surface area contributed by atoms with Crippen LogP contribution in [0.2, 0.25) is 0 Å². The number of anilines is 1. The van der Waals surface area contributed by atoms with E-state index in [4.69, 9.17) is 0 Å². The summed E-state index contributed by atoms with van der Waals surface area (Å²) in [6.45, 7) is 0. The van der Waals surface area contributed by atoms with Crippen molar-refractivity contribution in [3.05, 3.63) is 24.0 Å². The Morgan fingerprint density at radius 3 is 2.58 bits per heavy atom. The van der Waals surface area contributed by atoms with Crippen LogP contribution in [0.5, 0.6) is 0 Å². The molecule has 0 atom stereocenters. The SMILES string of the molecule is CN(C)c1ccnc(C(F)F)c1. The molecule has 0 saturated carbocycles. The van der Waals surface area contributed by atoms with Gasteiger partial charge in [-0.1, -0.05) is 0 Å². The molecule has 0 radical (unpaired) electrons. The first-order valence-electron chi connectivity index (χ1n) is 3.52. The molecule has 0 bridgehead atoms. The van der Waals surface area contributed by atoms with Gasteiger partial charge in [0.25, 0.3) is 6.43 Å². The predicted octanol–water partition coefficient (Wildman–Crippen LogP) is 2.09. The largest absolute Gasteiger partial charge is 0.378 e. The van der Waals surface area contributed by atoms with Crippen LogP contribution in [0.4, 0.5) is 14.5 Å². The van der Waals surface area contributed by atoms with Crippen molar-refractivity contribution < 1.29 is 8.78 Å². The fourth-order valence-corrected chi connectivity index (χ4v) is 0.834. The lowest BCUT2D eigenvalue weighted by molar-refractivity contribution is 0.146. The molecule has 0 fully saturated rings. The van der Waals surface area contributed by atoms with Crippen molar-refractivity contribution in [3.63, 3.8) is 0 Å². The van der Waals surface area contributed by atoms with E-state index in [1.807, 2.05) is 0 Å². The topological polar surface area (TPSA) is 16.1 Å². The third-order valence-corrected chi connectivity index (χ3v) is 1.50. The Hall–Kier alpha value is -1.19. The van der Waals surface area contributed by atoms with Gasteiger partial charge in [-0.15, -0.1) is 0 Å². The normalized spacial score (nSPS) is 10.4. The molecule has 0 aliphatic rings. The van der Waals surface area contributed by atoms with Gasteiger partial charge in [0.1, 0.15) is 5.69 Å². The van der Waals surface area contributed by atoms with E-state index < -0.39 is 6.43 Å². The lowest BCUT2D eigenvalue weighted by atomic mass is 10.3. The Bertz CT molecular complexity index is 238. The van der Waals surface area contributed by atoms with E-state index in [9.17, 15) is 8.78 Å². The van der Waals surface area contributed by atoms with Crippen molar-refractivity contribution >= 4 is 5.69 Å². The fourth-order valence-electron chi connectivity index (χ4n) is 0.834. The Morgan fingerprint density at radius 2 is 2.08 bits per heavy atom. The zero-order chi connectivity index (χ0) is 9.14. The first-order valence-corrected chi connectivity index (χ1v) is 3.52. The van der Waals surface area contributed by atoms with Gasteiger partial charge in [0.05, 0.1) is 0 Å². The molecular weight excluding hydrogens is 162 g/mol. The summed E-state index contributed by atoms with van der Waals surface area (Å²) >= 11 is 0. The third-order valence-electron chi connectivity index (χ3n) is 1.50. The summed E-state index contributed by atoms with van der Waals surface area (Å²) in [6, 6.07) is 3.07. The first-order chi connectivity index (χ1) is 5.61. The summed E-state index contributed by atoms with van der Waals surface area (Å²) in [5.41, 5.74) is 0.557. The highest BCUT2D eigenvalue weighted by Crippen LogP contribution is 2.20. The number of rotatable bonds is 2. The molecule has 2 nitrogen and oxygen atoms in total. The van der Waals surface area contributed by atoms with Gasteiger partial charge < -0.3 is 4.90 Å². The second-order valence-electron chi connectivity index (χ2n) is 2.63. The number of nitrogens with zero attached hydrogens (tertiary/aromatic N) is 2. The van der Waals surface area contributed by atoms with Crippen LogP contribution in [0, 0.1) is 0 Å². The molecule has 0 spiro atoms. The zero-order valence-corrected chi connectivity index (χ0v) is 6.96. The summed E-state index contributed by atoms with van der Waals surface area (Å²) in [5, 5.41) is 0. The molecule has 66 valence electrons. The van der Waals surface area contributed by atoms with Gasteiger partial charge in [0.15, 0.2) is 0 Å². The first kappa shape index (κ1) is 8.90. The lowest BCUT2D eigenvalue weighted by Gasteiger charge is -2.12. The Balaban J connectivity index is 2.96. The smallest absolute Gasteiger partial charge is 0.280 e. The predicted molar refractivity (Wildman–Crippen MR) is 43.5 cm³/mol. The van der Waals surface area contributed by atoms with Crippen LogP contribution < -0.4 is 4.90 Å². The molecule has 1 rings (SSSR count). The fraction of sp³-hybridized carbons (Fsp3) is 0.375. The molecule has 0 aromatic carbocycles. The van der Waals surface area contributed by atoms with Gasteiger partial charge in [-0.2, -0.15) is 0 Å². The summed E-state index contributed by atoms with van der Waals surface area (Å²) in [5.74, 6) is 0. The van der Waals surface area contributed by atoms with E-state index in [1.165, 1.54) is 12.3 Å². The van der Waals surface area contributed by atoms with Crippen LogP contribution in [0.1, 0.15) is 12.1 Å². The van der Waals surface area contributed by atoms with Crippen LogP contribution in [0.3, 0.4) is 0 Å². The maximum absolute atomic E-state index is 12.1. The molecule has 0 aliphatic carbocycles. The monoisotopic (exact) mass is 172 g/mol. The van der Waals surface area contributed by atoms with Gasteiger partial charge >= 0.3 is 0 Å². The third kappa shape index (κ3) is 1.90. The van der Waals surface area contributed by atoms with Crippen molar-refractivity contribution in [1.82, 2.24) is 4.98 Å². The molecule has 1 heterocycles. The van der Waals surface area contributed by atoms with Crippen LogP contribution in [0.15, 0.2) is 18.3 Å². The van der Waals surface area contributed by atoms with E-state index in [2.05, 4.69) is 4.98 Å². The molecule has 1 aromatic heterocycles. The molecule has 1 aromatic rings. The second-order valence-corrected chi connectivity index (χ2v) is 2.63. The number of hydrogen-bond acceptors (Lipinski definition) is 2. The number of pyridine rings is 1. The molecule has 4 heteroatoms. The molecular formula is C8H10F2N2. The molecule has 0 unspecified atom stereocenters. The van der Waals surface area contributed by atoms with Crippen molar-refractivity contribution in [2.45, 2.75) is 6.43 Å². The minimum Gasteiger partial charge on any atom is -0.378 e. The maximum Gasteiger partial charge on any atom is 0.280 e. The summed E-state index contributed by atoms with van der Waals surface area (Å²) in [7, 11) is 3.59. The van der Waals surface area contributed by atoms with Crippen molar-refractivity contribution in [1.29, 1.82) is 0 Å². The van der Waals surface area contributed by atoms with Crippen LogP contribution >= 0.6 is 0 Å². The van der Waals surface area contributed by atoms with Crippen molar-refractivity contribution in [2.24, 2.45) is 0 Å². The molecule has 0 amide bonds. The van der Waals surface area contributed by atoms with E-state index in [0.717, 1.165) is 5.69 Å². The highest BCUT2D eigenvalue weighted by Gasteiger charge is 2.08. The maximum atomic E-state index is 12.1. The summed E-state index contributed by atoms with van der Waals surface area (Å²) < 4.78 is 24.3. The van der Waals surface area contributed by atoms with E-state index >= 15 is 0 Å². The number of hydrogen-bond donors (Lipinski definition) is 0. The molecule has 0 aliphatic heterocycles. The van der Waals surface area contributed by atoms with Crippen molar-refractivity contribution in [2.75, 3.05) is 19.0 Å². The van der Waals surface area contributed by atoms with E-state index in [-0.39, 0.29) is 5.69 Å². The van der Waals surface area contributed by atoms with Gasteiger partial charge in [-0.25, -0.2) is 8.78 Å². The molecule has 12 heavy (non-hydrogen) atoms. The van der Waals surface area contributed by atoms with Gasteiger partial charge in [-0.05, 0) is 12.1 Å². The molecule has 0 N–H and O–H groups in total. The van der Waals surface area contributed by atoms with E-state index in [0.29, 0.717) is 0 Å². The standard InChI is InChI=1S/C8H10F2N2/c1-12(2)6-3-4-11-7(5-6)8(9)10/h3-5,8H,1-2H3. The number of alkyl halides is 2. The van der Waals surface area contributed by atoms with Gasteiger partial charge in [0.2, 0.25) is 0 Å². The summed E-state index contributed by atoms with van der Waals surface area (Å²) in [6.07, 6.45) is -1.11. The van der Waals surface area contributed by atoms with Gasteiger partial charge in [0, 0.05) is 26.0 Å². The Labute approximate surface area is 69.8 Å². The van der Waals surface area contributed by atoms with Crippen LogP contribution in [-0.2, 0) is 0 Å². The zero-order valence-electron chi connectivity index (χ0n) is 6.96. The average molecular weight is 172 g/mol. The second kappa shape index (κ2) is 3.47. The minimum absolute atomic E-state index is 0.179. The Morgan fingerprint density at radius 1 is 1.42 bits per heavy atom. The quantitative estimate of drug-likeness (QED) is 0.679. The Kier molecular flexibility index (Phi) is 2.58. The molecule has 0 saturated heterocycles. The number of halogens is 2. The lowest BCUT2D eigenvalue weighted by Crippen LogP contribution is -2.09. The number of aromatic nitrogens is 1. The van der Waals surface area contributed by atoms with E-state index in [1.54, 1.807) is 25.1 Å².